The summed E-state index contributed by atoms with van der Waals surface area (Å²) in [6, 6.07) is 21.6. The quantitative estimate of drug-likeness (QED) is 0.377. The minimum atomic E-state index is -1.14. The number of Topliss-reactive ketones (excluding diaryl/α,β-unsaturated/α-hetero) is 1. The van der Waals surface area contributed by atoms with Gasteiger partial charge < -0.3 is 19.9 Å². The van der Waals surface area contributed by atoms with Crippen molar-refractivity contribution in [1.29, 1.82) is 0 Å². The average Bonchev–Trinajstić information content (AvgIpc) is 3.25. The smallest absolute Gasteiger partial charge is 0.299 e. The van der Waals surface area contributed by atoms with Crippen LogP contribution in [0.25, 0.3) is 0 Å². The summed E-state index contributed by atoms with van der Waals surface area (Å²) < 4.78 is 5.31. The maximum atomic E-state index is 14.3. The summed E-state index contributed by atoms with van der Waals surface area (Å²) in [6.07, 6.45) is 3.50. The van der Waals surface area contributed by atoms with Gasteiger partial charge in [0.15, 0.2) is 0 Å². The van der Waals surface area contributed by atoms with Crippen molar-refractivity contribution in [2.24, 2.45) is 0 Å². The molecule has 2 aliphatic rings. The normalized spacial score (nSPS) is 15.6. The molecule has 0 aromatic heterocycles. The fraction of sp³-hybridized carbons (Fsp3) is 0.333. The van der Waals surface area contributed by atoms with Crippen molar-refractivity contribution in [3.05, 3.63) is 83.9 Å². The maximum Gasteiger partial charge on any atom is 0.299 e. The van der Waals surface area contributed by atoms with E-state index in [9.17, 15) is 19.2 Å². The molecule has 5 rings (SSSR count). The lowest BCUT2D eigenvalue weighted by Gasteiger charge is -2.45. The molecule has 0 radical (unpaired) electrons. The van der Waals surface area contributed by atoms with Crippen LogP contribution < -0.4 is 19.9 Å². The predicted molar refractivity (Wildman–Crippen MR) is 162 cm³/mol. The monoisotopic (exact) mass is 568 g/mol. The number of ketones is 1. The van der Waals surface area contributed by atoms with Gasteiger partial charge in [0.2, 0.25) is 11.8 Å². The SMILES string of the molecule is COc1ccc(CN(C(=O)CN2C(=O)C(=O)c3ccccc32)C2(C(=O)Nc3ccc(N(C)C)cc3)CCCCC2)cc1. The molecule has 0 spiro atoms. The number of fused-ring (bicyclic) bond motifs is 1. The molecule has 1 aliphatic heterocycles. The summed E-state index contributed by atoms with van der Waals surface area (Å²) in [5, 5.41) is 3.08. The van der Waals surface area contributed by atoms with Gasteiger partial charge in [-0.3, -0.25) is 24.1 Å². The van der Waals surface area contributed by atoms with E-state index >= 15 is 0 Å². The Labute approximate surface area is 246 Å². The van der Waals surface area contributed by atoms with Gasteiger partial charge in [0.05, 0.1) is 18.4 Å². The van der Waals surface area contributed by atoms with Gasteiger partial charge >= 0.3 is 0 Å². The minimum Gasteiger partial charge on any atom is -0.497 e. The number of carbonyl (C=O) groups excluding carboxylic acids is 4. The minimum absolute atomic E-state index is 0.160. The van der Waals surface area contributed by atoms with Gasteiger partial charge in [-0.1, -0.05) is 43.5 Å². The van der Waals surface area contributed by atoms with Crippen molar-refractivity contribution < 1.29 is 23.9 Å². The number of hydrogen-bond donors (Lipinski definition) is 1. The zero-order valence-electron chi connectivity index (χ0n) is 24.3. The van der Waals surface area contributed by atoms with Crippen LogP contribution in [-0.4, -0.2) is 61.7 Å². The molecule has 42 heavy (non-hydrogen) atoms. The second kappa shape index (κ2) is 12.1. The summed E-state index contributed by atoms with van der Waals surface area (Å²) >= 11 is 0. The van der Waals surface area contributed by atoms with Crippen molar-refractivity contribution in [1.82, 2.24) is 4.90 Å². The number of para-hydroxylation sites is 1. The van der Waals surface area contributed by atoms with Crippen LogP contribution in [0.5, 0.6) is 5.75 Å². The van der Waals surface area contributed by atoms with Crippen LogP contribution in [0.1, 0.15) is 48.0 Å². The number of nitrogens with one attached hydrogen (secondary N) is 1. The van der Waals surface area contributed by atoms with Crippen LogP contribution in [-0.2, 0) is 20.9 Å². The molecular weight excluding hydrogens is 532 g/mol. The number of carbonyl (C=O) groups is 4. The number of nitrogens with zero attached hydrogens (tertiary/aromatic N) is 3. The van der Waals surface area contributed by atoms with Crippen LogP contribution in [0.2, 0.25) is 0 Å². The van der Waals surface area contributed by atoms with Gasteiger partial charge in [-0.25, -0.2) is 0 Å². The number of hydrogen-bond acceptors (Lipinski definition) is 6. The summed E-state index contributed by atoms with van der Waals surface area (Å²) in [4.78, 5) is 59.0. The highest BCUT2D eigenvalue weighted by molar-refractivity contribution is 6.52. The topological polar surface area (TPSA) is 99.3 Å². The van der Waals surface area contributed by atoms with Crippen molar-refractivity contribution in [2.45, 2.75) is 44.2 Å². The molecule has 218 valence electrons. The molecular formula is C33H36N4O5. The zero-order valence-corrected chi connectivity index (χ0v) is 24.3. The van der Waals surface area contributed by atoms with E-state index < -0.39 is 23.1 Å². The van der Waals surface area contributed by atoms with E-state index in [2.05, 4.69) is 5.32 Å². The summed E-state index contributed by atoms with van der Waals surface area (Å²) in [6.45, 7) is -0.183. The van der Waals surface area contributed by atoms with E-state index in [4.69, 9.17) is 4.74 Å². The number of rotatable bonds is 9. The Morgan fingerprint density at radius 2 is 1.57 bits per heavy atom. The largest absolute Gasteiger partial charge is 0.497 e. The lowest BCUT2D eigenvalue weighted by atomic mass is 9.78. The molecule has 3 amide bonds. The van der Waals surface area contributed by atoms with E-state index in [1.54, 1.807) is 36.3 Å². The lowest BCUT2D eigenvalue weighted by Crippen LogP contribution is -2.61. The molecule has 1 saturated carbocycles. The van der Waals surface area contributed by atoms with Crippen molar-refractivity contribution in [3.63, 3.8) is 0 Å². The van der Waals surface area contributed by atoms with Crippen LogP contribution in [0, 0.1) is 0 Å². The molecule has 0 atom stereocenters. The van der Waals surface area contributed by atoms with E-state index in [1.807, 2.05) is 67.5 Å². The first-order chi connectivity index (χ1) is 20.2. The van der Waals surface area contributed by atoms with E-state index in [-0.39, 0.29) is 24.6 Å². The van der Waals surface area contributed by atoms with Gasteiger partial charge in [0.1, 0.15) is 17.8 Å². The predicted octanol–water partition coefficient (Wildman–Crippen LogP) is 4.66. The highest BCUT2D eigenvalue weighted by atomic mass is 16.5. The molecule has 0 bridgehead atoms. The van der Waals surface area contributed by atoms with Crippen LogP contribution in [0.15, 0.2) is 72.8 Å². The van der Waals surface area contributed by atoms with Gasteiger partial charge in [0, 0.05) is 32.0 Å². The zero-order chi connectivity index (χ0) is 29.9. The first kappa shape index (κ1) is 28.9. The molecule has 3 aromatic rings. The molecule has 3 aromatic carbocycles. The third-order valence-electron chi connectivity index (χ3n) is 8.23. The molecule has 9 heteroatoms. The first-order valence-corrected chi connectivity index (χ1v) is 14.2. The Morgan fingerprint density at radius 3 is 2.21 bits per heavy atom. The summed E-state index contributed by atoms with van der Waals surface area (Å²) in [5.41, 5.74) is 2.02. The fourth-order valence-corrected chi connectivity index (χ4v) is 5.86. The van der Waals surface area contributed by atoms with E-state index in [1.165, 1.54) is 4.90 Å². The van der Waals surface area contributed by atoms with Gasteiger partial charge in [-0.2, -0.15) is 0 Å². The first-order valence-electron chi connectivity index (χ1n) is 14.2. The average molecular weight is 569 g/mol. The Morgan fingerprint density at radius 1 is 0.905 bits per heavy atom. The highest BCUT2D eigenvalue weighted by Crippen LogP contribution is 2.37. The van der Waals surface area contributed by atoms with E-state index in [0.717, 1.165) is 30.5 Å². The fourth-order valence-electron chi connectivity index (χ4n) is 5.86. The summed E-state index contributed by atoms with van der Waals surface area (Å²) in [5.74, 6) is -1.35. The maximum absolute atomic E-state index is 14.3. The van der Waals surface area contributed by atoms with Gasteiger partial charge in [0.25, 0.3) is 11.7 Å². The van der Waals surface area contributed by atoms with Crippen LogP contribution in [0.4, 0.5) is 17.1 Å². The van der Waals surface area contributed by atoms with Crippen LogP contribution >= 0.6 is 0 Å². The molecule has 0 unspecified atom stereocenters. The molecule has 1 aliphatic carbocycles. The Kier molecular flexibility index (Phi) is 8.29. The molecule has 0 saturated heterocycles. The second-order valence-corrected chi connectivity index (χ2v) is 11.1. The number of ether oxygens (including phenoxy) is 1. The highest BCUT2D eigenvalue weighted by Gasteiger charge is 2.48. The van der Waals surface area contributed by atoms with Crippen molar-refractivity contribution >= 4 is 40.6 Å². The number of methoxy groups -OCH3 is 1. The van der Waals surface area contributed by atoms with Crippen LogP contribution in [0.3, 0.4) is 0 Å². The number of anilines is 3. The Bertz CT molecular complexity index is 1480. The van der Waals surface area contributed by atoms with Crippen molar-refractivity contribution in [3.8, 4) is 5.75 Å². The Hall–Kier alpha value is -4.66. The third-order valence-corrected chi connectivity index (χ3v) is 8.23. The van der Waals surface area contributed by atoms with Gasteiger partial charge in [-0.15, -0.1) is 0 Å². The third kappa shape index (κ3) is 5.59. The number of amides is 3. The molecule has 9 nitrogen and oxygen atoms in total. The van der Waals surface area contributed by atoms with Gasteiger partial charge in [-0.05, 0) is 66.9 Å². The number of benzene rings is 3. The standard InChI is InChI=1S/C33H36N4O5/c1-35(2)25-15-13-24(14-16-25)34-32(41)33(19-7-4-8-20-33)37(21-23-11-17-26(42-3)18-12-23)29(38)22-36-28-10-6-5-9-27(28)30(39)31(36)40/h5-6,9-18H,4,7-8,19-22H2,1-3H3,(H,34,41). The molecule has 1 fully saturated rings. The molecule has 1 N–H and O–H groups in total. The van der Waals surface area contributed by atoms with Crippen molar-refractivity contribution in [2.75, 3.05) is 42.9 Å². The lowest BCUT2D eigenvalue weighted by molar-refractivity contribution is -0.148. The van der Waals surface area contributed by atoms with E-state index in [0.29, 0.717) is 30.0 Å². The molecule has 1 heterocycles. The second-order valence-electron chi connectivity index (χ2n) is 11.1. The summed E-state index contributed by atoms with van der Waals surface area (Å²) in [7, 11) is 5.48. The Balaban J connectivity index is 1.50.